The van der Waals surface area contributed by atoms with Gasteiger partial charge in [0.2, 0.25) is 0 Å². The number of aromatic nitrogens is 3. The molecular formula is C11H11Cl2N3. The summed E-state index contributed by atoms with van der Waals surface area (Å²) in [4.78, 5) is 3.91. The topological polar surface area (TPSA) is 30.7 Å². The molecule has 16 heavy (non-hydrogen) atoms. The van der Waals surface area contributed by atoms with Gasteiger partial charge in [-0.3, -0.25) is 4.68 Å². The van der Waals surface area contributed by atoms with Crippen molar-refractivity contribution in [2.24, 2.45) is 0 Å². The van der Waals surface area contributed by atoms with Gasteiger partial charge in [0.15, 0.2) is 0 Å². The van der Waals surface area contributed by atoms with E-state index in [1.54, 1.807) is 18.3 Å². The van der Waals surface area contributed by atoms with Gasteiger partial charge in [0.05, 0.1) is 6.20 Å². The van der Waals surface area contributed by atoms with Crippen LogP contribution in [0.1, 0.15) is 19.9 Å². The summed E-state index contributed by atoms with van der Waals surface area (Å²) in [6.45, 7) is 4.15. The van der Waals surface area contributed by atoms with Crippen molar-refractivity contribution in [3.8, 4) is 11.1 Å². The summed E-state index contributed by atoms with van der Waals surface area (Å²) in [7, 11) is 0. The van der Waals surface area contributed by atoms with Crippen LogP contribution in [0.25, 0.3) is 11.1 Å². The van der Waals surface area contributed by atoms with Crippen molar-refractivity contribution < 1.29 is 0 Å². The van der Waals surface area contributed by atoms with Crippen molar-refractivity contribution in [1.29, 1.82) is 0 Å². The minimum Gasteiger partial charge on any atom is -0.270 e. The smallest absolute Gasteiger partial charge is 0.131 e. The quantitative estimate of drug-likeness (QED) is 0.764. The number of pyridine rings is 1. The number of hydrogen-bond donors (Lipinski definition) is 0. The van der Waals surface area contributed by atoms with Gasteiger partial charge in [-0.1, -0.05) is 23.2 Å². The molecule has 84 valence electrons. The average Bonchev–Trinajstić information content (AvgIpc) is 2.64. The lowest BCUT2D eigenvalue weighted by Crippen LogP contribution is -1.99. The van der Waals surface area contributed by atoms with Crippen molar-refractivity contribution in [1.82, 2.24) is 14.8 Å². The van der Waals surface area contributed by atoms with Gasteiger partial charge in [-0.25, -0.2) is 4.98 Å². The second-order valence-electron chi connectivity index (χ2n) is 3.80. The Hall–Kier alpha value is -1.06. The van der Waals surface area contributed by atoms with Gasteiger partial charge in [0, 0.05) is 17.8 Å². The molecule has 0 saturated heterocycles. The van der Waals surface area contributed by atoms with E-state index in [2.05, 4.69) is 23.9 Å². The maximum absolute atomic E-state index is 5.85. The zero-order valence-electron chi connectivity index (χ0n) is 8.98. The minimum absolute atomic E-state index is 0.335. The third-order valence-corrected chi connectivity index (χ3v) is 2.61. The SMILES string of the molecule is CC(C)n1cc(-c2cc(Cl)nc(Cl)c2)cn1. The van der Waals surface area contributed by atoms with E-state index in [9.17, 15) is 0 Å². The molecule has 0 aliphatic heterocycles. The van der Waals surface area contributed by atoms with E-state index in [1.807, 2.05) is 10.9 Å². The van der Waals surface area contributed by atoms with E-state index < -0.39 is 0 Å². The molecule has 2 heterocycles. The van der Waals surface area contributed by atoms with Crippen LogP contribution >= 0.6 is 23.2 Å². The molecule has 0 N–H and O–H groups in total. The molecule has 2 aromatic heterocycles. The van der Waals surface area contributed by atoms with E-state index in [4.69, 9.17) is 23.2 Å². The van der Waals surface area contributed by atoms with Crippen LogP contribution in [0, 0.1) is 0 Å². The molecule has 0 atom stereocenters. The normalized spacial score (nSPS) is 11.1. The summed E-state index contributed by atoms with van der Waals surface area (Å²) < 4.78 is 1.89. The molecule has 2 rings (SSSR count). The van der Waals surface area contributed by atoms with Crippen LogP contribution in [0.5, 0.6) is 0 Å². The number of halogens is 2. The van der Waals surface area contributed by atoms with E-state index in [-0.39, 0.29) is 0 Å². The predicted octanol–water partition coefficient (Wildman–Crippen LogP) is 3.83. The van der Waals surface area contributed by atoms with Crippen LogP contribution < -0.4 is 0 Å². The van der Waals surface area contributed by atoms with Crippen LogP contribution in [-0.4, -0.2) is 14.8 Å². The van der Waals surface area contributed by atoms with Crippen LogP contribution in [-0.2, 0) is 0 Å². The van der Waals surface area contributed by atoms with E-state index in [1.165, 1.54) is 0 Å². The Labute approximate surface area is 104 Å². The fraction of sp³-hybridized carbons (Fsp3) is 0.273. The molecule has 0 fully saturated rings. The molecule has 0 spiro atoms. The van der Waals surface area contributed by atoms with Gasteiger partial charge in [0.25, 0.3) is 0 Å². The molecule has 2 aromatic rings. The summed E-state index contributed by atoms with van der Waals surface area (Å²) in [5.74, 6) is 0. The van der Waals surface area contributed by atoms with Gasteiger partial charge < -0.3 is 0 Å². The molecule has 0 aliphatic rings. The fourth-order valence-electron chi connectivity index (χ4n) is 1.40. The highest BCUT2D eigenvalue weighted by molar-refractivity contribution is 6.32. The highest BCUT2D eigenvalue weighted by atomic mass is 35.5. The Morgan fingerprint density at radius 1 is 1.12 bits per heavy atom. The lowest BCUT2D eigenvalue weighted by atomic mass is 10.1. The first-order valence-corrected chi connectivity index (χ1v) is 5.69. The summed E-state index contributed by atoms with van der Waals surface area (Å²) in [5.41, 5.74) is 1.91. The molecule has 0 amide bonds. The zero-order chi connectivity index (χ0) is 11.7. The van der Waals surface area contributed by atoms with E-state index in [0.717, 1.165) is 11.1 Å². The maximum atomic E-state index is 5.85. The number of rotatable bonds is 2. The van der Waals surface area contributed by atoms with Crippen molar-refractivity contribution >= 4 is 23.2 Å². The Bertz CT molecular complexity index is 485. The fourth-order valence-corrected chi connectivity index (χ4v) is 1.86. The lowest BCUT2D eigenvalue weighted by Gasteiger charge is -2.03. The summed E-state index contributed by atoms with van der Waals surface area (Å²) in [6, 6.07) is 3.88. The highest BCUT2D eigenvalue weighted by Gasteiger charge is 2.06. The van der Waals surface area contributed by atoms with Crippen molar-refractivity contribution in [2.45, 2.75) is 19.9 Å². The monoisotopic (exact) mass is 255 g/mol. The first-order valence-electron chi connectivity index (χ1n) is 4.94. The van der Waals surface area contributed by atoms with Crippen LogP contribution in [0.4, 0.5) is 0 Å². The Balaban J connectivity index is 2.42. The lowest BCUT2D eigenvalue weighted by molar-refractivity contribution is 0.532. The highest BCUT2D eigenvalue weighted by Crippen LogP contribution is 2.25. The van der Waals surface area contributed by atoms with Gasteiger partial charge in [-0.15, -0.1) is 0 Å². The standard InChI is InChI=1S/C11H11Cl2N3/c1-7(2)16-6-9(5-14-16)8-3-10(12)15-11(13)4-8/h3-7H,1-2H3. The van der Waals surface area contributed by atoms with Gasteiger partial charge in [-0.2, -0.15) is 5.10 Å². The maximum Gasteiger partial charge on any atom is 0.131 e. The molecule has 0 unspecified atom stereocenters. The molecule has 3 nitrogen and oxygen atoms in total. The molecule has 5 heteroatoms. The van der Waals surface area contributed by atoms with Crippen LogP contribution in [0.15, 0.2) is 24.5 Å². The number of hydrogen-bond acceptors (Lipinski definition) is 2. The zero-order valence-corrected chi connectivity index (χ0v) is 10.5. The second-order valence-corrected chi connectivity index (χ2v) is 4.58. The minimum atomic E-state index is 0.335. The van der Waals surface area contributed by atoms with Gasteiger partial charge in [-0.05, 0) is 31.5 Å². The second kappa shape index (κ2) is 4.44. The van der Waals surface area contributed by atoms with Crippen LogP contribution in [0.2, 0.25) is 10.3 Å². The average molecular weight is 256 g/mol. The first kappa shape index (κ1) is 11.4. The third-order valence-electron chi connectivity index (χ3n) is 2.23. The Morgan fingerprint density at radius 3 is 2.25 bits per heavy atom. The molecule has 0 aliphatic carbocycles. The molecular weight excluding hydrogens is 245 g/mol. The van der Waals surface area contributed by atoms with Gasteiger partial charge >= 0.3 is 0 Å². The van der Waals surface area contributed by atoms with Gasteiger partial charge in [0.1, 0.15) is 10.3 Å². The molecule has 0 bridgehead atoms. The Morgan fingerprint density at radius 2 is 1.75 bits per heavy atom. The largest absolute Gasteiger partial charge is 0.270 e. The summed E-state index contributed by atoms with van der Waals surface area (Å²) in [5, 5.41) is 5.04. The molecule has 0 aromatic carbocycles. The van der Waals surface area contributed by atoms with E-state index in [0.29, 0.717) is 16.3 Å². The Kier molecular flexibility index (Phi) is 3.17. The molecule has 0 saturated carbocycles. The summed E-state index contributed by atoms with van der Waals surface area (Å²) in [6.07, 6.45) is 3.76. The van der Waals surface area contributed by atoms with Crippen molar-refractivity contribution in [2.75, 3.05) is 0 Å². The number of nitrogens with zero attached hydrogens (tertiary/aromatic N) is 3. The summed E-state index contributed by atoms with van der Waals surface area (Å²) >= 11 is 11.7. The first-order chi connectivity index (χ1) is 7.56. The van der Waals surface area contributed by atoms with E-state index >= 15 is 0 Å². The third kappa shape index (κ3) is 2.36. The molecule has 0 radical (unpaired) electrons. The van der Waals surface area contributed by atoms with Crippen LogP contribution in [0.3, 0.4) is 0 Å². The van der Waals surface area contributed by atoms with Crippen molar-refractivity contribution in [3.05, 3.63) is 34.8 Å². The van der Waals surface area contributed by atoms with Crippen molar-refractivity contribution in [3.63, 3.8) is 0 Å². The predicted molar refractivity (Wildman–Crippen MR) is 65.9 cm³/mol.